The molecule has 2 aliphatic rings. The number of carboxylic acid groups (broad SMARTS) is 1. The van der Waals surface area contributed by atoms with Gasteiger partial charge < -0.3 is 14.7 Å². The monoisotopic (exact) mass is 489 g/mol. The SMILES string of the molecule is O=C(O)c1ccc(CCN2CC(Cl)=CC(C3CC3)=C2/C=C/c2cccc(OC(F)(F)F)c2)cc1. The normalized spacial score (nSPS) is 16.7. The quantitative estimate of drug-likeness (QED) is 0.451. The topological polar surface area (TPSA) is 49.8 Å². The van der Waals surface area contributed by atoms with E-state index in [0.29, 0.717) is 31.0 Å². The highest BCUT2D eigenvalue weighted by Gasteiger charge is 2.32. The lowest BCUT2D eigenvalue weighted by Gasteiger charge is -2.31. The van der Waals surface area contributed by atoms with E-state index in [4.69, 9.17) is 16.7 Å². The first-order valence-corrected chi connectivity index (χ1v) is 11.3. The van der Waals surface area contributed by atoms with E-state index in [9.17, 15) is 18.0 Å². The molecule has 0 aromatic heterocycles. The summed E-state index contributed by atoms with van der Waals surface area (Å²) in [6, 6.07) is 12.6. The maximum Gasteiger partial charge on any atom is 0.573 e. The fourth-order valence-corrected chi connectivity index (χ4v) is 4.19. The molecule has 0 spiro atoms. The Morgan fingerprint density at radius 2 is 1.88 bits per heavy atom. The molecule has 2 aromatic rings. The van der Waals surface area contributed by atoms with Gasteiger partial charge in [0.2, 0.25) is 0 Å². The van der Waals surface area contributed by atoms with Gasteiger partial charge in [0.25, 0.3) is 0 Å². The second-order valence-electron chi connectivity index (χ2n) is 8.33. The molecule has 1 aliphatic heterocycles. The van der Waals surface area contributed by atoms with Gasteiger partial charge in [-0.05, 0) is 78.3 Å². The molecule has 4 nitrogen and oxygen atoms in total. The van der Waals surface area contributed by atoms with Gasteiger partial charge in [-0.2, -0.15) is 0 Å². The molecule has 1 aliphatic carbocycles. The molecule has 0 bridgehead atoms. The van der Waals surface area contributed by atoms with Crippen LogP contribution in [-0.2, 0) is 6.42 Å². The van der Waals surface area contributed by atoms with Crippen molar-refractivity contribution in [1.29, 1.82) is 0 Å². The number of nitrogens with zero attached hydrogens (tertiary/aromatic N) is 1. The molecule has 8 heteroatoms. The zero-order valence-electron chi connectivity index (χ0n) is 18.2. The molecule has 0 unspecified atom stereocenters. The Labute approximate surface area is 200 Å². The van der Waals surface area contributed by atoms with E-state index in [1.807, 2.05) is 12.2 Å². The summed E-state index contributed by atoms with van der Waals surface area (Å²) < 4.78 is 41.7. The fourth-order valence-electron chi connectivity index (χ4n) is 3.93. The molecule has 1 saturated carbocycles. The lowest BCUT2D eigenvalue weighted by Crippen LogP contribution is -2.30. The van der Waals surface area contributed by atoms with Gasteiger partial charge in [0.15, 0.2) is 0 Å². The molecule has 0 atom stereocenters. The first-order chi connectivity index (χ1) is 16.2. The Balaban J connectivity index is 1.55. The molecule has 178 valence electrons. The van der Waals surface area contributed by atoms with Crippen molar-refractivity contribution in [2.45, 2.75) is 25.6 Å². The van der Waals surface area contributed by atoms with Gasteiger partial charge in [-0.15, -0.1) is 13.2 Å². The summed E-state index contributed by atoms with van der Waals surface area (Å²) >= 11 is 6.45. The van der Waals surface area contributed by atoms with Crippen LogP contribution in [0.15, 0.2) is 77.0 Å². The molecule has 34 heavy (non-hydrogen) atoms. The van der Waals surface area contributed by atoms with Crippen molar-refractivity contribution in [3.05, 3.63) is 93.7 Å². The third-order valence-electron chi connectivity index (χ3n) is 5.70. The van der Waals surface area contributed by atoms with E-state index < -0.39 is 12.3 Å². The van der Waals surface area contributed by atoms with Crippen LogP contribution in [0.4, 0.5) is 13.2 Å². The predicted octanol–water partition coefficient (Wildman–Crippen LogP) is 6.64. The Bertz CT molecular complexity index is 1150. The highest BCUT2D eigenvalue weighted by molar-refractivity contribution is 6.30. The Morgan fingerprint density at radius 3 is 2.53 bits per heavy atom. The summed E-state index contributed by atoms with van der Waals surface area (Å²) in [7, 11) is 0. The molecule has 0 saturated heterocycles. The van der Waals surface area contributed by atoms with Crippen LogP contribution in [0, 0.1) is 5.92 Å². The molecular weight excluding hydrogens is 467 g/mol. The van der Waals surface area contributed by atoms with Gasteiger partial charge >= 0.3 is 12.3 Å². The summed E-state index contributed by atoms with van der Waals surface area (Å²) in [5, 5.41) is 9.82. The average molecular weight is 490 g/mol. The summed E-state index contributed by atoms with van der Waals surface area (Å²) in [5.74, 6) is -0.807. The van der Waals surface area contributed by atoms with Crippen molar-refractivity contribution in [3.63, 3.8) is 0 Å². The Hall–Kier alpha value is -3.19. The zero-order valence-corrected chi connectivity index (χ0v) is 18.9. The molecule has 0 radical (unpaired) electrons. The van der Waals surface area contributed by atoms with Gasteiger partial charge in [-0.1, -0.05) is 41.9 Å². The number of benzene rings is 2. The van der Waals surface area contributed by atoms with Crippen LogP contribution in [0.25, 0.3) is 6.08 Å². The molecule has 1 fully saturated rings. The summed E-state index contributed by atoms with van der Waals surface area (Å²) in [6.07, 6.45) is 3.80. The van der Waals surface area contributed by atoms with E-state index in [-0.39, 0.29) is 11.3 Å². The van der Waals surface area contributed by atoms with Crippen LogP contribution in [-0.4, -0.2) is 35.4 Å². The van der Waals surface area contributed by atoms with Crippen molar-refractivity contribution in [3.8, 4) is 5.75 Å². The van der Waals surface area contributed by atoms with Crippen LogP contribution >= 0.6 is 11.6 Å². The number of alkyl halides is 3. The van der Waals surface area contributed by atoms with Crippen LogP contribution in [0.5, 0.6) is 5.75 Å². The maximum absolute atomic E-state index is 12.6. The number of carbonyl (C=O) groups is 1. The second kappa shape index (κ2) is 9.97. The largest absolute Gasteiger partial charge is 0.573 e. The van der Waals surface area contributed by atoms with Crippen molar-refractivity contribution in [2.75, 3.05) is 13.1 Å². The molecule has 1 heterocycles. The first kappa shape index (κ1) is 24.0. The zero-order chi connectivity index (χ0) is 24.3. The number of carboxylic acids is 1. The van der Waals surface area contributed by atoms with Crippen molar-refractivity contribution >= 4 is 23.6 Å². The van der Waals surface area contributed by atoms with Crippen molar-refractivity contribution in [1.82, 2.24) is 4.90 Å². The van der Waals surface area contributed by atoms with Crippen molar-refractivity contribution in [2.24, 2.45) is 5.92 Å². The third kappa shape index (κ3) is 6.44. The standard InChI is InChI=1S/C26H23ClF3NO3/c27-21-15-23(19-9-10-19)24(11-6-18-2-1-3-22(14-18)34-26(28,29)30)31(16-21)13-12-17-4-7-20(8-5-17)25(32)33/h1-8,11,14-15,19H,9-10,12-13,16H2,(H,32,33)/b11-6+. The minimum atomic E-state index is -4.74. The maximum atomic E-state index is 12.6. The van der Waals surface area contributed by atoms with Crippen LogP contribution in [0.1, 0.15) is 34.3 Å². The van der Waals surface area contributed by atoms with Crippen LogP contribution in [0.2, 0.25) is 0 Å². The number of allylic oxidation sites excluding steroid dienone is 3. The van der Waals surface area contributed by atoms with Gasteiger partial charge in [-0.3, -0.25) is 0 Å². The van der Waals surface area contributed by atoms with E-state index in [0.717, 1.165) is 34.7 Å². The first-order valence-electron chi connectivity index (χ1n) is 10.9. The van der Waals surface area contributed by atoms with Crippen LogP contribution in [0.3, 0.4) is 0 Å². The summed E-state index contributed by atoms with van der Waals surface area (Å²) in [6.45, 7) is 1.19. The van der Waals surface area contributed by atoms with Gasteiger partial charge in [0.1, 0.15) is 5.75 Å². The summed E-state index contributed by atoms with van der Waals surface area (Å²) in [4.78, 5) is 13.2. The molecule has 1 N–H and O–H groups in total. The molecule has 4 rings (SSSR count). The number of rotatable bonds is 8. The Morgan fingerprint density at radius 1 is 1.15 bits per heavy atom. The highest BCUT2D eigenvalue weighted by Crippen LogP contribution is 2.42. The minimum absolute atomic E-state index is 0.240. The number of halogens is 4. The highest BCUT2D eigenvalue weighted by atomic mass is 35.5. The predicted molar refractivity (Wildman–Crippen MR) is 125 cm³/mol. The molecule has 0 amide bonds. The molecule has 2 aromatic carbocycles. The summed E-state index contributed by atoms with van der Waals surface area (Å²) in [5.41, 5.74) is 3.97. The van der Waals surface area contributed by atoms with Gasteiger partial charge in [-0.25, -0.2) is 4.79 Å². The lowest BCUT2D eigenvalue weighted by molar-refractivity contribution is -0.274. The van der Waals surface area contributed by atoms with Gasteiger partial charge in [0.05, 0.1) is 12.1 Å². The van der Waals surface area contributed by atoms with E-state index in [2.05, 4.69) is 9.64 Å². The van der Waals surface area contributed by atoms with E-state index >= 15 is 0 Å². The number of hydrogen-bond acceptors (Lipinski definition) is 3. The van der Waals surface area contributed by atoms with Crippen molar-refractivity contribution < 1.29 is 27.8 Å². The average Bonchev–Trinajstić information content (AvgIpc) is 3.61. The van der Waals surface area contributed by atoms with Crippen LogP contribution < -0.4 is 4.74 Å². The number of aromatic carboxylic acids is 1. The number of ether oxygens (including phenoxy) is 1. The van der Waals surface area contributed by atoms with E-state index in [1.165, 1.54) is 18.2 Å². The fraction of sp³-hybridized carbons (Fsp3) is 0.269. The smallest absolute Gasteiger partial charge is 0.478 e. The third-order valence-corrected chi connectivity index (χ3v) is 5.93. The number of hydrogen-bond donors (Lipinski definition) is 1. The molecular formula is C26H23ClF3NO3. The van der Waals surface area contributed by atoms with E-state index in [1.54, 1.807) is 36.4 Å². The Kier molecular flexibility index (Phi) is 7.03. The lowest BCUT2D eigenvalue weighted by atomic mass is 10.0. The van der Waals surface area contributed by atoms with Gasteiger partial charge in [0, 0.05) is 17.3 Å². The second-order valence-corrected chi connectivity index (χ2v) is 8.82. The minimum Gasteiger partial charge on any atom is -0.478 e.